The van der Waals surface area contributed by atoms with E-state index in [-0.39, 0.29) is 0 Å². The van der Waals surface area contributed by atoms with Gasteiger partial charge < -0.3 is 15.2 Å². The highest BCUT2D eigenvalue weighted by Crippen LogP contribution is 2.31. The van der Waals surface area contributed by atoms with E-state index in [0.29, 0.717) is 12.5 Å². The van der Waals surface area contributed by atoms with Crippen molar-refractivity contribution in [3.63, 3.8) is 0 Å². The molecule has 1 atom stereocenters. The Morgan fingerprint density at radius 3 is 3.12 bits per heavy atom. The fourth-order valence-electron chi connectivity index (χ4n) is 1.82. The number of thioether (sulfide) groups is 1. The van der Waals surface area contributed by atoms with Crippen molar-refractivity contribution in [1.29, 1.82) is 0 Å². The fourth-order valence-corrected chi connectivity index (χ4v) is 2.93. The van der Waals surface area contributed by atoms with Crippen molar-refractivity contribution in [2.75, 3.05) is 31.3 Å². The number of hydrogen-bond acceptors (Lipinski definition) is 4. The van der Waals surface area contributed by atoms with Gasteiger partial charge in [0, 0.05) is 22.9 Å². The van der Waals surface area contributed by atoms with Gasteiger partial charge in [-0.1, -0.05) is 0 Å². The second-order valence-corrected chi connectivity index (χ2v) is 5.24. The number of anilines is 1. The van der Waals surface area contributed by atoms with Gasteiger partial charge in [0.1, 0.15) is 5.75 Å². The molecule has 4 heteroatoms. The Morgan fingerprint density at radius 2 is 2.41 bits per heavy atom. The maximum absolute atomic E-state index is 5.96. The highest BCUT2D eigenvalue weighted by Gasteiger charge is 2.16. The van der Waals surface area contributed by atoms with Gasteiger partial charge in [0.05, 0.1) is 13.2 Å². The average Bonchev–Trinajstić information content (AvgIpc) is 2.83. The Morgan fingerprint density at radius 1 is 1.53 bits per heavy atom. The second-order valence-electron chi connectivity index (χ2n) is 4.17. The molecule has 2 N–H and O–H groups in total. The molecule has 0 bridgehead atoms. The summed E-state index contributed by atoms with van der Waals surface area (Å²) in [6.45, 7) is 4.46. The van der Waals surface area contributed by atoms with Crippen molar-refractivity contribution in [2.45, 2.75) is 18.2 Å². The Hall–Kier alpha value is -0.870. The third-order valence-electron chi connectivity index (χ3n) is 2.79. The molecule has 1 aliphatic heterocycles. The molecule has 0 saturated carbocycles. The first-order valence-corrected chi connectivity index (χ1v) is 7.01. The zero-order valence-corrected chi connectivity index (χ0v) is 11.0. The number of rotatable bonds is 5. The zero-order chi connectivity index (χ0) is 12.1. The van der Waals surface area contributed by atoms with Crippen LogP contribution in [-0.4, -0.2) is 25.6 Å². The summed E-state index contributed by atoms with van der Waals surface area (Å²) in [6.07, 6.45) is 1.16. The van der Waals surface area contributed by atoms with Crippen LogP contribution in [0, 0.1) is 5.92 Å². The van der Waals surface area contributed by atoms with E-state index in [4.69, 9.17) is 15.2 Å². The molecule has 1 fully saturated rings. The van der Waals surface area contributed by atoms with Crippen LogP contribution in [0.2, 0.25) is 0 Å². The Labute approximate surface area is 107 Å². The summed E-state index contributed by atoms with van der Waals surface area (Å²) >= 11 is 1.80. The van der Waals surface area contributed by atoms with Crippen molar-refractivity contribution in [2.24, 2.45) is 5.92 Å². The number of nitrogen functional groups attached to an aromatic ring is 1. The standard InChI is InChI=1S/C13H19NO2S/c1-2-16-11-3-4-12(14)13(7-11)17-9-10-5-6-15-8-10/h3-4,7,10H,2,5-6,8-9,14H2,1H3. The summed E-state index contributed by atoms with van der Waals surface area (Å²) < 4.78 is 10.8. The van der Waals surface area contributed by atoms with Crippen molar-refractivity contribution in [1.82, 2.24) is 0 Å². The topological polar surface area (TPSA) is 44.5 Å². The van der Waals surface area contributed by atoms with E-state index in [0.717, 1.165) is 41.7 Å². The van der Waals surface area contributed by atoms with Crippen molar-refractivity contribution in [3.05, 3.63) is 18.2 Å². The summed E-state index contributed by atoms with van der Waals surface area (Å²) in [4.78, 5) is 1.11. The van der Waals surface area contributed by atoms with E-state index in [1.54, 1.807) is 11.8 Å². The van der Waals surface area contributed by atoms with Crippen LogP contribution in [0.15, 0.2) is 23.1 Å². The number of ether oxygens (including phenoxy) is 2. The van der Waals surface area contributed by atoms with Crippen LogP contribution >= 0.6 is 11.8 Å². The van der Waals surface area contributed by atoms with E-state index in [1.165, 1.54) is 0 Å². The molecule has 2 rings (SSSR count). The van der Waals surface area contributed by atoms with Crippen molar-refractivity contribution in [3.8, 4) is 5.75 Å². The van der Waals surface area contributed by atoms with Crippen molar-refractivity contribution >= 4 is 17.4 Å². The smallest absolute Gasteiger partial charge is 0.120 e. The van der Waals surface area contributed by atoms with Gasteiger partial charge in [-0.3, -0.25) is 0 Å². The third kappa shape index (κ3) is 3.54. The zero-order valence-electron chi connectivity index (χ0n) is 10.1. The predicted octanol–water partition coefficient (Wildman–Crippen LogP) is 2.80. The van der Waals surface area contributed by atoms with Crippen LogP contribution in [0.4, 0.5) is 5.69 Å². The minimum atomic E-state index is 0.662. The number of hydrogen-bond donors (Lipinski definition) is 1. The normalized spacial score (nSPS) is 19.5. The first-order valence-electron chi connectivity index (χ1n) is 6.02. The van der Waals surface area contributed by atoms with Gasteiger partial charge in [0.2, 0.25) is 0 Å². The number of nitrogens with two attached hydrogens (primary N) is 1. The highest BCUT2D eigenvalue weighted by atomic mass is 32.2. The molecule has 0 spiro atoms. The van der Waals surface area contributed by atoms with E-state index in [9.17, 15) is 0 Å². The molecule has 3 nitrogen and oxygen atoms in total. The monoisotopic (exact) mass is 253 g/mol. The maximum Gasteiger partial charge on any atom is 0.120 e. The van der Waals surface area contributed by atoms with Gasteiger partial charge in [-0.25, -0.2) is 0 Å². The van der Waals surface area contributed by atoms with Crippen molar-refractivity contribution < 1.29 is 9.47 Å². The molecule has 17 heavy (non-hydrogen) atoms. The van der Waals surface area contributed by atoms with Crippen LogP contribution in [0.5, 0.6) is 5.75 Å². The lowest BCUT2D eigenvalue weighted by molar-refractivity contribution is 0.189. The lowest BCUT2D eigenvalue weighted by atomic mass is 10.2. The van der Waals surface area contributed by atoms with E-state index in [2.05, 4.69) is 0 Å². The SMILES string of the molecule is CCOc1ccc(N)c(SCC2CCOC2)c1. The van der Waals surface area contributed by atoms with Gasteiger partial charge in [-0.15, -0.1) is 11.8 Å². The van der Waals surface area contributed by atoms with Crippen LogP contribution in [-0.2, 0) is 4.74 Å². The molecule has 0 radical (unpaired) electrons. The van der Waals surface area contributed by atoms with Gasteiger partial charge in [0.25, 0.3) is 0 Å². The lowest BCUT2D eigenvalue weighted by Crippen LogP contribution is -2.02. The highest BCUT2D eigenvalue weighted by molar-refractivity contribution is 7.99. The minimum Gasteiger partial charge on any atom is -0.494 e. The summed E-state index contributed by atoms with van der Waals surface area (Å²) in [5, 5.41) is 0. The van der Waals surface area contributed by atoms with E-state index < -0.39 is 0 Å². The molecular formula is C13H19NO2S. The fraction of sp³-hybridized carbons (Fsp3) is 0.538. The Balaban J connectivity index is 1.95. The molecule has 1 unspecified atom stereocenters. The van der Waals surface area contributed by atoms with E-state index in [1.807, 2.05) is 25.1 Å². The lowest BCUT2D eigenvalue weighted by Gasteiger charge is -2.11. The average molecular weight is 253 g/mol. The maximum atomic E-state index is 5.96. The largest absolute Gasteiger partial charge is 0.494 e. The van der Waals surface area contributed by atoms with Crippen LogP contribution in [0.25, 0.3) is 0 Å². The summed E-state index contributed by atoms with van der Waals surface area (Å²) in [5.41, 5.74) is 6.79. The summed E-state index contributed by atoms with van der Waals surface area (Å²) in [6, 6.07) is 5.86. The summed E-state index contributed by atoms with van der Waals surface area (Å²) in [7, 11) is 0. The second kappa shape index (κ2) is 6.17. The molecule has 1 aromatic rings. The summed E-state index contributed by atoms with van der Waals surface area (Å²) in [5.74, 6) is 2.63. The molecule has 1 aromatic carbocycles. The van der Waals surface area contributed by atoms with Gasteiger partial charge in [-0.2, -0.15) is 0 Å². The molecule has 1 saturated heterocycles. The molecule has 0 amide bonds. The molecule has 0 aliphatic carbocycles. The molecule has 1 aliphatic rings. The quantitative estimate of drug-likeness (QED) is 0.647. The molecule has 0 aromatic heterocycles. The predicted molar refractivity (Wildman–Crippen MR) is 71.7 cm³/mol. The Kier molecular flexibility index (Phi) is 4.57. The van der Waals surface area contributed by atoms with Gasteiger partial charge in [0.15, 0.2) is 0 Å². The minimum absolute atomic E-state index is 0.662. The third-order valence-corrected chi connectivity index (χ3v) is 4.10. The van der Waals surface area contributed by atoms with Gasteiger partial charge >= 0.3 is 0 Å². The first kappa shape index (κ1) is 12.6. The van der Waals surface area contributed by atoms with Crippen LogP contribution in [0.3, 0.4) is 0 Å². The van der Waals surface area contributed by atoms with E-state index >= 15 is 0 Å². The van der Waals surface area contributed by atoms with Crippen LogP contribution < -0.4 is 10.5 Å². The Bertz CT molecular complexity index is 364. The first-order chi connectivity index (χ1) is 8.29. The van der Waals surface area contributed by atoms with Gasteiger partial charge in [-0.05, 0) is 37.5 Å². The number of benzene rings is 1. The molecular weight excluding hydrogens is 234 g/mol. The molecule has 94 valence electrons. The van der Waals surface area contributed by atoms with Crippen LogP contribution in [0.1, 0.15) is 13.3 Å². The molecule has 1 heterocycles.